The van der Waals surface area contributed by atoms with Crippen LogP contribution in [0.4, 0.5) is 0 Å². The molecule has 0 atom stereocenters. The average Bonchev–Trinajstić information content (AvgIpc) is 2.33. The third-order valence-electron chi connectivity index (χ3n) is 5.08. The van der Waals surface area contributed by atoms with Crippen molar-refractivity contribution >= 4 is 6.29 Å². The Labute approximate surface area is 117 Å². The molecule has 1 fully saturated rings. The summed E-state index contributed by atoms with van der Waals surface area (Å²) in [7, 11) is 0. The van der Waals surface area contributed by atoms with Crippen LogP contribution < -0.4 is 0 Å². The van der Waals surface area contributed by atoms with Gasteiger partial charge in [0.2, 0.25) is 0 Å². The molecule has 2 rings (SSSR count). The zero-order chi connectivity index (χ0) is 14.3. The third kappa shape index (κ3) is 2.59. The number of rotatable bonds is 2. The number of carbonyl (C=O) groups is 1. The van der Waals surface area contributed by atoms with Crippen molar-refractivity contribution in [2.45, 2.75) is 72.6 Å². The molecule has 0 aromatic rings. The molecule has 0 bridgehead atoms. The van der Waals surface area contributed by atoms with Crippen LogP contribution in [0.2, 0.25) is 0 Å². The second-order valence-electron chi connectivity index (χ2n) is 8.06. The molecule has 0 aromatic heterocycles. The minimum Gasteiger partial charge on any atom is -0.512 e. The zero-order valence-electron chi connectivity index (χ0n) is 12.9. The van der Waals surface area contributed by atoms with E-state index in [1.807, 2.05) is 0 Å². The first-order chi connectivity index (χ1) is 8.72. The monoisotopic (exact) mass is 264 g/mol. The van der Waals surface area contributed by atoms with E-state index in [0.717, 1.165) is 50.4 Å². The summed E-state index contributed by atoms with van der Waals surface area (Å²) in [4.78, 5) is 11.8. The van der Waals surface area contributed by atoms with E-state index in [0.29, 0.717) is 5.76 Å². The van der Waals surface area contributed by atoms with E-state index < -0.39 is 0 Å². The summed E-state index contributed by atoms with van der Waals surface area (Å²) in [6.45, 7) is 8.71. The number of hydrogen-bond acceptors (Lipinski definition) is 2. The van der Waals surface area contributed by atoms with Crippen LogP contribution in [0.25, 0.3) is 0 Å². The summed E-state index contributed by atoms with van der Waals surface area (Å²) in [6, 6.07) is 0. The zero-order valence-corrected chi connectivity index (χ0v) is 12.9. The maximum atomic E-state index is 11.8. The molecule has 108 valence electrons. The van der Waals surface area contributed by atoms with Gasteiger partial charge in [-0.15, -0.1) is 0 Å². The van der Waals surface area contributed by atoms with E-state index in [1.165, 1.54) is 6.42 Å². The fourth-order valence-corrected chi connectivity index (χ4v) is 4.40. The van der Waals surface area contributed by atoms with Gasteiger partial charge in [0.1, 0.15) is 6.29 Å². The Hall–Kier alpha value is -0.790. The van der Waals surface area contributed by atoms with Gasteiger partial charge in [0.25, 0.3) is 0 Å². The quantitative estimate of drug-likeness (QED) is 0.728. The maximum absolute atomic E-state index is 11.8. The molecule has 0 amide bonds. The largest absolute Gasteiger partial charge is 0.512 e. The minimum absolute atomic E-state index is 0.165. The SMILES string of the molecule is CC1(C)CC(C2(C=O)CCCCC2)=C(O)C(C)(C)C1. The van der Waals surface area contributed by atoms with Gasteiger partial charge < -0.3 is 9.90 Å². The smallest absolute Gasteiger partial charge is 0.130 e. The van der Waals surface area contributed by atoms with Crippen LogP contribution in [0.15, 0.2) is 11.3 Å². The Balaban J connectivity index is 2.47. The molecule has 0 spiro atoms. The van der Waals surface area contributed by atoms with Crippen molar-refractivity contribution in [1.82, 2.24) is 0 Å². The molecule has 2 aliphatic rings. The maximum Gasteiger partial charge on any atom is 0.130 e. The Morgan fingerprint density at radius 2 is 1.63 bits per heavy atom. The molecule has 0 heterocycles. The predicted octanol–water partition coefficient (Wildman–Crippen LogP) is 4.79. The van der Waals surface area contributed by atoms with Crippen molar-refractivity contribution in [2.24, 2.45) is 16.2 Å². The highest BCUT2D eigenvalue weighted by molar-refractivity contribution is 5.66. The first-order valence-corrected chi connectivity index (χ1v) is 7.62. The first-order valence-electron chi connectivity index (χ1n) is 7.62. The number of aliphatic hydroxyl groups is 1. The molecule has 0 unspecified atom stereocenters. The molecular formula is C17H28O2. The molecule has 2 aliphatic carbocycles. The van der Waals surface area contributed by atoms with Crippen LogP contribution in [0.5, 0.6) is 0 Å². The van der Waals surface area contributed by atoms with Crippen molar-refractivity contribution in [1.29, 1.82) is 0 Å². The van der Waals surface area contributed by atoms with Crippen LogP contribution in [0, 0.1) is 16.2 Å². The number of aliphatic hydroxyl groups excluding tert-OH is 1. The van der Waals surface area contributed by atoms with Gasteiger partial charge in [-0.2, -0.15) is 0 Å². The van der Waals surface area contributed by atoms with Crippen LogP contribution in [0.3, 0.4) is 0 Å². The molecule has 1 N–H and O–H groups in total. The molecule has 0 saturated heterocycles. The Bertz CT molecular complexity index is 395. The van der Waals surface area contributed by atoms with Gasteiger partial charge >= 0.3 is 0 Å². The van der Waals surface area contributed by atoms with E-state index in [-0.39, 0.29) is 16.2 Å². The minimum atomic E-state index is -0.378. The van der Waals surface area contributed by atoms with Crippen LogP contribution in [-0.2, 0) is 4.79 Å². The van der Waals surface area contributed by atoms with Gasteiger partial charge in [-0.3, -0.25) is 0 Å². The fourth-order valence-electron chi connectivity index (χ4n) is 4.40. The summed E-state index contributed by atoms with van der Waals surface area (Å²) in [5, 5.41) is 10.7. The van der Waals surface area contributed by atoms with Gasteiger partial charge in [-0.05, 0) is 36.7 Å². The Morgan fingerprint density at radius 1 is 1.05 bits per heavy atom. The molecular weight excluding hydrogens is 236 g/mol. The lowest BCUT2D eigenvalue weighted by Gasteiger charge is -2.47. The van der Waals surface area contributed by atoms with E-state index in [1.54, 1.807) is 0 Å². The predicted molar refractivity (Wildman–Crippen MR) is 78.0 cm³/mol. The van der Waals surface area contributed by atoms with Crippen molar-refractivity contribution in [3.8, 4) is 0 Å². The number of aldehydes is 1. The van der Waals surface area contributed by atoms with E-state index in [4.69, 9.17) is 0 Å². The normalized spacial score (nSPS) is 29.1. The van der Waals surface area contributed by atoms with Crippen molar-refractivity contribution in [2.75, 3.05) is 0 Å². The third-order valence-corrected chi connectivity index (χ3v) is 5.08. The highest BCUT2D eigenvalue weighted by atomic mass is 16.3. The highest BCUT2D eigenvalue weighted by Gasteiger charge is 2.47. The highest BCUT2D eigenvalue weighted by Crippen LogP contribution is 2.55. The molecule has 19 heavy (non-hydrogen) atoms. The lowest BCUT2D eigenvalue weighted by Crippen LogP contribution is -2.39. The number of allylic oxidation sites excluding steroid dienone is 2. The molecule has 2 heteroatoms. The van der Waals surface area contributed by atoms with E-state index >= 15 is 0 Å². The number of hydrogen-bond donors (Lipinski definition) is 1. The van der Waals surface area contributed by atoms with E-state index in [9.17, 15) is 9.90 Å². The van der Waals surface area contributed by atoms with Gasteiger partial charge in [-0.25, -0.2) is 0 Å². The van der Waals surface area contributed by atoms with Gasteiger partial charge in [0, 0.05) is 5.41 Å². The van der Waals surface area contributed by atoms with Gasteiger partial charge in [0.05, 0.1) is 11.2 Å². The standard InChI is InChI=1S/C17H28O2/c1-15(2)10-13(14(19)16(3,4)11-15)17(12-18)8-6-5-7-9-17/h12,19H,5-11H2,1-4H3. The molecule has 2 nitrogen and oxygen atoms in total. The lowest BCUT2D eigenvalue weighted by atomic mass is 9.58. The van der Waals surface area contributed by atoms with Crippen molar-refractivity contribution in [3.05, 3.63) is 11.3 Å². The Kier molecular flexibility index (Phi) is 3.57. The van der Waals surface area contributed by atoms with Crippen LogP contribution in [-0.4, -0.2) is 11.4 Å². The van der Waals surface area contributed by atoms with E-state index in [2.05, 4.69) is 27.7 Å². The van der Waals surface area contributed by atoms with Gasteiger partial charge in [0.15, 0.2) is 0 Å². The summed E-state index contributed by atoms with van der Waals surface area (Å²) < 4.78 is 0. The number of carbonyl (C=O) groups excluding carboxylic acids is 1. The summed E-state index contributed by atoms with van der Waals surface area (Å²) >= 11 is 0. The molecule has 0 aliphatic heterocycles. The second kappa shape index (κ2) is 4.64. The van der Waals surface area contributed by atoms with Crippen LogP contribution in [0.1, 0.15) is 72.6 Å². The fraction of sp³-hybridized carbons (Fsp3) is 0.824. The van der Waals surface area contributed by atoms with Gasteiger partial charge in [-0.1, -0.05) is 47.0 Å². The summed E-state index contributed by atoms with van der Waals surface area (Å²) in [5.74, 6) is 0.501. The molecule has 0 aromatic carbocycles. The molecule has 0 radical (unpaired) electrons. The lowest BCUT2D eigenvalue weighted by molar-refractivity contribution is -0.116. The van der Waals surface area contributed by atoms with Crippen molar-refractivity contribution in [3.63, 3.8) is 0 Å². The van der Waals surface area contributed by atoms with Crippen molar-refractivity contribution < 1.29 is 9.90 Å². The first kappa shape index (κ1) is 14.6. The van der Waals surface area contributed by atoms with Crippen LogP contribution >= 0.6 is 0 Å². The summed E-state index contributed by atoms with van der Waals surface area (Å²) in [5.41, 5.74) is 0.629. The average molecular weight is 264 g/mol. The molecule has 1 saturated carbocycles. The second-order valence-corrected chi connectivity index (χ2v) is 8.06. The Morgan fingerprint density at radius 3 is 2.16 bits per heavy atom. The topological polar surface area (TPSA) is 37.3 Å². The summed E-state index contributed by atoms with van der Waals surface area (Å²) in [6.07, 6.45) is 8.24.